The molecule has 146 valence electrons. The highest BCUT2D eigenvalue weighted by Gasteiger charge is 2.52. The Labute approximate surface area is 167 Å². The molecule has 1 atom stereocenters. The topological polar surface area (TPSA) is 80.9 Å². The van der Waals surface area contributed by atoms with Gasteiger partial charge < -0.3 is 14.5 Å². The number of hydrogen-bond acceptors (Lipinski definition) is 6. The Bertz CT molecular complexity index is 1040. The van der Waals surface area contributed by atoms with Gasteiger partial charge in [0.25, 0.3) is 5.91 Å². The average Bonchev–Trinajstić information content (AvgIpc) is 3.35. The SMILES string of the molecule is Cc1cc(C(=O)NC2CC3(CN(Cc4nncn4C)C3)n3ccnc32)c(C)s1. The van der Waals surface area contributed by atoms with Gasteiger partial charge in [0.05, 0.1) is 23.7 Å². The number of fused-ring (bicyclic) bond motifs is 2. The van der Waals surface area contributed by atoms with E-state index in [4.69, 9.17) is 0 Å². The maximum Gasteiger partial charge on any atom is 0.252 e. The van der Waals surface area contributed by atoms with Crippen LogP contribution in [0.2, 0.25) is 0 Å². The normalized spacial score (nSPS) is 20.3. The highest BCUT2D eigenvalue weighted by Crippen LogP contribution is 2.44. The summed E-state index contributed by atoms with van der Waals surface area (Å²) < 4.78 is 4.22. The lowest BCUT2D eigenvalue weighted by Gasteiger charge is -2.49. The number of amides is 1. The molecule has 1 amide bonds. The molecule has 1 saturated heterocycles. The summed E-state index contributed by atoms with van der Waals surface area (Å²) in [5.74, 6) is 1.91. The molecule has 9 heteroatoms. The molecule has 0 bridgehead atoms. The summed E-state index contributed by atoms with van der Waals surface area (Å²) in [7, 11) is 1.97. The van der Waals surface area contributed by atoms with Crippen molar-refractivity contribution in [2.75, 3.05) is 13.1 Å². The molecular weight excluding hydrogens is 374 g/mol. The number of hydrogen-bond donors (Lipinski definition) is 1. The van der Waals surface area contributed by atoms with Gasteiger partial charge in [0.2, 0.25) is 0 Å². The van der Waals surface area contributed by atoms with E-state index in [1.165, 1.54) is 0 Å². The first-order valence-electron chi connectivity index (χ1n) is 9.42. The zero-order valence-corrected chi connectivity index (χ0v) is 17.0. The second-order valence-corrected chi connectivity index (χ2v) is 9.40. The van der Waals surface area contributed by atoms with Crippen molar-refractivity contribution < 1.29 is 4.79 Å². The number of rotatable bonds is 4. The molecule has 2 aliphatic rings. The van der Waals surface area contributed by atoms with Crippen molar-refractivity contribution in [3.8, 4) is 0 Å². The molecular formula is C19H23N7OS. The zero-order valence-electron chi connectivity index (χ0n) is 16.2. The largest absolute Gasteiger partial charge is 0.342 e. The number of likely N-dealkylation sites (tertiary alicyclic amines) is 1. The molecule has 3 aromatic rings. The van der Waals surface area contributed by atoms with Gasteiger partial charge in [0, 0.05) is 48.7 Å². The van der Waals surface area contributed by atoms with Crippen molar-refractivity contribution in [3.05, 3.63) is 51.8 Å². The molecule has 2 aliphatic heterocycles. The van der Waals surface area contributed by atoms with Crippen LogP contribution in [0.15, 0.2) is 24.8 Å². The van der Waals surface area contributed by atoms with Gasteiger partial charge >= 0.3 is 0 Å². The zero-order chi connectivity index (χ0) is 19.5. The van der Waals surface area contributed by atoms with E-state index in [1.807, 2.05) is 43.9 Å². The molecule has 1 spiro atoms. The minimum absolute atomic E-state index is 0.00196. The van der Waals surface area contributed by atoms with Gasteiger partial charge in [0.15, 0.2) is 0 Å². The van der Waals surface area contributed by atoms with Gasteiger partial charge in [-0.1, -0.05) is 0 Å². The van der Waals surface area contributed by atoms with Crippen molar-refractivity contribution in [3.63, 3.8) is 0 Å². The Balaban J connectivity index is 1.31. The fourth-order valence-electron chi connectivity index (χ4n) is 4.58. The molecule has 3 aromatic heterocycles. The third kappa shape index (κ3) is 2.68. The fourth-order valence-corrected chi connectivity index (χ4v) is 5.50. The highest BCUT2D eigenvalue weighted by molar-refractivity contribution is 7.12. The predicted molar refractivity (Wildman–Crippen MR) is 105 cm³/mol. The summed E-state index contributed by atoms with van der Waals surface area (Å²) in [4.78, 5) is 22.0. The molecule has 28 heavy (non-hydrogen) atoms. The third-order valence-corrected chi connectivity index (χ3v) is 6.84. The Morgan fingerprint density at radius 3 is 2.89 bits per heavy atom. The standard InChI is InChI=1S/C19H23N7OS/c1-12-6-14(13(2)28-12)18(27)22-15-7-19(26-5-4-20-17(15)26)9-25(10-19)8-16-23-21-11-24(16)3/h4-6,11,15H,7-10H2,1-3H3,(H,22,27). The van der Waals surface area contributed by atoms with E-state index in [2.05, 4.69) is 30.0 Å². The van der Waals surface area contributed by atoms with Gasteiger partial charge in [-0.25, -0.2) is 4.98 Å². The first kappa shape index (κ1) is 17.6. The van der Waals surface area contributed by atoms with Crippen LogP contribution in [0, 0.1) is 13.8 Å². The van der Waals surface area contributed by atoms with Crippen LogP contribution >= 0.6 is 11.3 Å². The first-order chi connectivity index (χ1) is 13.4. The summed E-state index contributed by atoms with van der Waals surface area (Å²) in [6, 6.07) is 1.91. The number of aryl methyl sites for hydroxylation is 3. The number of thiophene rings is 1. The Kier molecular flexibility index (Phi) is 3.92. The van der Waals surface area contributed by atoms with E-state index >= 15 is 0 Å². The molecule has 0 aliphatic carbocycles. The van der Waals surface area contributed by atoms with Crippen molar-refractivity contribution in [2.24, 2.45) is 7.05 Å². The summed E-state index contributed by atoms with van der Waals surface area (Å²) in [5.41, 5.74) is 0.779. The Morgan fingerprint density at radius 1 is 1.39 bits per heavy atom. The van der Waals surface area contributed by atoms with Gasteiger partial charge in [-0.15, -0.1) is 21.5 Å². The van der Waals surface area contributed by atoms with Crippen molar-refractivity contribution in [2.45, 2.75) is 38.4 Å². The lowest BCUT2D eigenvalue weighted by Crippen LogP contribution is -2.60. The smallest absolute Gasteiger partial charge is 0.252 e. The van der Waals surface area contributed by atoms with Crippen molar-refractivity contribution in [1.82, 2.24) is 34.5 Å². The summed E-state index contributed by atoms with van der Waals surface area (Å²) in [5, 5.41) is 11.4. The van der Waals surface area contributed by atoms with Crippen LogP contribution in [-0.2, 0) is 19.1 Å². The number of nitrogens with zero attached hydrogens (tertiary/aromatic N) is 6. The number of carbonyl (C=O) groups excluding carboxylic acids is 1. The lowest BCUT2D eigenvalue weighted by molar-refractivity contribution is 0.00512. The van der Waals surface area contributed by atoms with Crippen LogP contribution < -0.4 is 5.32 Å². The fraction of sp³-hybridized carbons (Fsp3) is 0.474. The third-order valence-electron chi connectivity index (χ3n) is 5.87. The van der Waals surface area contributed by atoms with E-state index < -0.39 is 0 Å². The summed E-state index contributed by atoms with van der Waals surface area (Å²) >= 11 is 1.66. The van der Waals surface area contributed by atoms with Crippen LogP contribution in [0.3, 0.4) is 0 Å². The molecule has 5 heterocycles. The van der Waals surface area contributed by atoms with Gasteiger partial charge in [-0.3, -0.25) is 9.69 Å². The molecule has 1 unspecified atom stereocenters. The van der Waals surface area contributed by atoms with Crippen LogP contribution in [0.4, 0.5) is 0 Å². The molecule has 1 N–H and O–H groups in total. The summed E-state index contributed by atoms with van der Waals surface area (Å²) in [6.07, 6.45) is 6.48. The van der Waals surface area contributed by atoms with E-state index in [0.717, 1.165) is 53.0 Å². The Hall–Kier alpha value is -2.52. The highest BCUT2D eigenvalue weighted by atomic mass is 32.1. The monoisotopic (exact) mass is 397 g/mol. The predicted octanol–water partition coefficient (Wildman–Crippen LogP) is 1.78. The van der Waals surface area contributed by atoms with E-state index in [9.17, 15) is 4.79 Å². The number of imidazole rings is 1. The maximum absolute atomic E-state index is 12.8. The van der Waals surface area contributed by atoms with Gasteiger partial charge in [-0.2, -0.15) is 0 Å². The summed E-state index contributed by atoms with van der Waals surface area (Å²) in [6.45, 7) is 6.66. The number of carbonyl (C=O) groups is 1. The second kappa shape index (κ2) is 6.25. The molecule has 1 fully saturated rings. The van der Waals surface area contributed by atoms with E-state index in [0.29, 0.717) is 0 Å². The van der Waals surface area contributed by atoms with Crippen LogP contribution in [-0.4, -0.2) is 48.2 Å². The molecule has 0 aromatic carbocycles. The number of nitrogens with one attached hydrogen (secondary N) is 1. The second-order valence-electron chi connectivity index (χ2n) is 7.94. The van der Waals surface area contributed by atoms with Crippen molar-refractivity contribution >= 4 is 17.2 Å². The quantitative estimate of drug-likeness (QED) is 0.726. The minimum atomic E-state index is -0.0564. The van der Waals surface area contributed by atoms with Gasteiger partial charge in [0.1, 0.15) is 18.0 Å². The average molecular weight is 398 g/mol. The maximum atomic E-state index is 12.8. The molecule has 5 rings (SSSR count). The van der Waals surface area contributed by atoms with Crippen LogP contribution in [0.25, 0.3) is 0 Å². The molecule has 0 saturated carbocycles. The molecule has 0 radical (unpaired) electrons. The Morgan fingerprint density at radius 2 is 2.21 bits per heavy atom. The first-order valence-corrected chi connectivity index (χ1v) is 10.2. The lowest BCUT2D eigenvalue weighted by atomic mass is 9.86. The number of aromatic nitrogens is 5. The van der Waals surface area contributed by atoms with Crippen LogP contribution in [0.1, 0.15) is 44.2 Å². The van der Waals surface area contributed by atoms with Crippen molar-refractivity contribution in [1.29, 1.82) is 0 Å². The van der Waals surface area contributed by atoms with E-state index in [-0.39, 0.29) is 17.5 Å². The minimum Gasteiger partial charge on any atom is -0.342 e. The molecule has 8 nitrogen and oxygen atoms in total. The van der Waals surface area contributed by atoms with Gasteiger partial charge in [-0.05, 0) is 19.9 Å². The van der Waals surface area contributed by atoms with E-state index in [1.54, 1.807) is 17.7 Å². The van der Waals surface area contributed by atoms with Crippen LogP contribution in [0.5, 0.6) is 0 Å².